The molecule has 3 rings (SSSR count). The number of amides is 1. The molecule has 2 N–H and O–H groups in total. The molecule has 27 heavy (non-hydrogen) atoms. The summed E-state index contributed by atoms with van der Waals surface area (Å²) < 4.78 is 27.4. The highest BCUT2D eigenvalue weighted by atomic mass is 32.2. The third-order valence-electron chi connectivity index (χ3n) is 4.85. The second kappa shape index (κ2) is 9.15. The van der Waals surface area contributed by atoms with Crippen LogP contribution in [0.5, 0.6) is 0 Å². The van der Waals surface area contributed by atoms with Gasteiger partial charge >= 0.3 is 0 Å². The molecule has 1 aliphatic rings. The predicted molar refractivity (Wildman–Crippen MR) is 106 cm³/mol. The van der Waals surface area contributed by atoms with Gasteiger partial charge < -0.3 is 5.32 Å². The summed E-state index contributed by atoms with van der Waals surface area (Å²) in [6.07, 6.45) is 5.10. The molecular formula is C21H26N2O3S. The summed E-state index contributed by atoms with van der Waals surface area (Å²) in [5, 5.41) is 2.82. The normalized spacial score (nSPS) is 13.8. The molecule has 0 aliphatic heterocycles. The quantitative estimate of drug-likeness (QED) is 0.732. The summed E-state index contributed by atoms with van der Waals surface area (Å²) >= 11 is 0. The molecule has 0 radical (unpaired) electrons. The molecule has 0 unspecified atom stereocenters. The van der Waals surface area contributed by atoms with Crippen molar-refractivity contribution >= 4 is 15.9 Å². The Bertz CT molecular complexity index is 880. The number of sulfonamides is 1. The van der Waals surface area contributed by atoms with Crippen LogP contribution in [0.3, 0.4) is 0 Å². The molecule has 0 spiro atoms. The number of carbonyl (C=O) groups excluding carboxylic acids is 1. The topological polar surface area (TPSA) is 75.3 Å². The fraction of sp³-hybridized carbons (Fsp3) is 0.381. The summed E-state index contributed by atoms with van der Waals surface area (Å²) in [6, 6.07) is 15.3. The van der Waals surface area contributed by atoms with E-state index in [1.54, 1.807) is 12.1 Å². The molecule has 2 aromatic carbocycles. The minimum absolute atomic E-state index is 0.0938. The molecule has 0 atom stereocenters. The lowest BCUT2D eigenvalue weighted by atomic mass is 9.92. The Labute approximate surface area is 161 Å². The smallest absolute Gasteiger partial charge is 0.240 e. The summed E-state index contributed by atoms with van der Waals surface area (Å²) in [5.41, 5.74) is 3.53. The SMILES string of the molecule is O=C(CCNS(=O)(=O)c1ccc2c(c1)CCCC2)NCCc1ccccc1. The van der Waals surface area contributed by atoms with E-state index < -0.39 is 10.0 Å². The number of hydrogen-bond acceptors (Lipinski definition) is 3. The summed E-state index contributed by atoms with van der Waals surface area (Å²) in [4.78, 5) is 12.2. The first-order chi connectivity index (χ1) is 13.0. The van der Waals surface area contributed by atoms with Crippen LogP contribution < -0.4 is 10.0 Å². The van der Waals surface area contributed by atoms with E-state index in [4.69, 9.17) is 0 Å². The Hall–Kier alpha value is -2.18. The van der Waals surface area contributed by atoms with E-state index in [9.17, 15) is 13.2 Å². The lowest BCUT2D eigenvalue weighted by molar-refractivity contribution is -0.120. The predicted octanol–water partition coefficient (Wildman–Crippen LogP) is 2.59. The van der Waals surface area contributed by atoms with Gasteiger partial charge in [0.2, 0.25) is 15.9 Å². The largest absolute Gasteiger partial charge is 0.356 e. The Balaban J connectivity index is 1.44. The molecule has 0 heterocycles. The maximum atomic E-state index is 12.5. The standard InChI is InChI=1S/C21H26N2O3S/c24-21(22-14-12-17-6-2-1-3-7-17)13-15-23-27(25,26)20-11-10-18-8-4-5-9-19(18)16-20/h1-3,6-7,10-11,16,23H,4-5,8-9,12-15H2,(H,22,24). The third-order valence-corrected chi connectivity index (χ3v) is 6.31. The average Bonchev–Trinajstić information content (AvgIpc) is 2.68. The van der Waals surface area contributed by atoms with Crippen molar-refractivity contribution in [1.82, 2.24) is 10.0 Å². The first-order valence-corrected chi connectivity index (χ1v) is 10.9. The molecule has 1 amide bonds. The minimum Gasteiger partial charge on any atom is -0.356 e. The third kappa shape index (κ3) is 5.65. The fourth-order valence-electron chi connectivity index (χ4n) is 3.34. The first-order valence-electron chi connectivity index (χ1n) is 9.47. The molecule has 144 valence electrons. The van der Waals surface area contributed by atoms with Crippen LogP contribution >= 0.6 is 0 Å². The van der Waals surface area contributed by atoms with E-state index in [-0.39, 0.29) is 23.8 Å². The number of rotatable bonds is 8. The van der Waals surface area contributed by atoms with E-state index in [2.05, 4.69) is 10.0 Å². The molecule has 1 aliphatic carbocycles. The number of nitrogens with one attached hydrogen (secondary N) is 2. The Morgan fingerprint density at radius 2 is 1.67 bits per heavy atom. The minimum atomic E-state index is -3.58. The van der Waals surface area contributed by atoms with Gasteiger partial charge in [0.1, 0.15) is 0 Å². The number of hydrogen-bond donors (Lipinski definition) is 2. The highest BCUT2D eigenvalue weighted by Crippen LogP contribution is 2.23. The lowest BCUT2D eigenvalue weighted by Gasteiger charge is -2.16. The highest BCUT2D eigenvalue weighted by Gasteiger charge is 2.17. The van der Waals surface area contributed by atoms with Crippen LogP contribution in [0.1, 0.15) is 36.0 Å². The van der Waals surface area contributed by atoms with E-state index >= 15 is 0 Å². The molecule has 2 aromatic rings. The van der Waals surface area contributed by atoms with Gasteiger partial charge in [0.05, 0.1) is 4.90 Å². The molecule has 0 aromatic heterocycles. The molecular weight excluding hydrogens is 360 g/mol. The van der Waals surface area contributed by atoms with E-state index in [0.29, 0.717) is 6.54 Å². The second-order valence-electron chi connectivity index (χ2n) is 6.87. The zero-order chi connectivity index (χ0) is 19.1. The molecule has 0 bridgehead atoms. The van der Waals surface area contributed by atoms with Crippen molar-refractivity contribution in [3.05, 3.63) is 65.2 Å². The highest BCUT2D eigenvalue weighted by molar-refractivity contribution is 7.89. The van der Waals surface area contributed by atoms with E-state index in [1.165, 1.54) is 5.56 Å². The van der Waals surface area contributed by atoms with Gasteiger partial charge in [-0.2, -0.15) is 0 Å². The molecule has 6 heteroatoms. The van der Waals surface area contributed by atoms with Crippen molar-refractivity contribution in [3.8, 4) is 0 Å². The van der Waals surface area contributed by atoms with E-state index in [1.807, 2.05) is 36.4 Å². The Kier molecular flexibility index (Phi) is 6.63. The van der Waals surface area contributed by atoms with Gasteiger partial charge in [-0.25, -0.2) is 13.1 Å². The van der Waals surface area contributed by atoms with E-state index in [0.717, 1.165) is 43.2 Å². The summed E-state index contributed by atoms with van der Waals surface area (Å²) in [6.45, 7) is 0.636. The lowest BCUT2D eigenvalue weighted by Crippen LogP contribution is -2.31. The molecule has 0 fully saturated rings. The number of carbonyl (C=O) groups is 1. The Morgan fingerprint density at radius 3 is 2.44 bits per heavy atom. The van der Waals surface area contributed by atoms with Gasteiger partial charge in [0.15, 0.2) is 0 Å². The van der Waals surface area contributed by atoms with Crippen molar-refractivity contribution in [2.75, 3.05) is 13.1 Å². The second-order valence-corrected chi connectivity index (χ2v) is 8.64. The maximum absolute atomic E-state index is 12.5. The molecule has 5 nitrogen and oxygen atoms in total. The van der Waals surface area contributed by atoms with Crippen molar-refractivity contribution in [3.63, 3.8) is 0 Å². The van der Waals surface area contributed by atoms with Crippen LogP contribution in [-0.2, 0) is 34.1 Å². The van der Waals surface area contributed by atoms with Crippen molar-refractivity contribution in [1.29, 1.82) is 0 Å². The van der Waals surface area contributed by atoms with Gasteiger partial charge in [-0.1, -0.05) is 36.4 Å². The van der Waals surface area contributed by atoms with Gasteiger partial charge in [0.25, 0.3) is 0 Å². The van der Waals surface area contributed by atoms with Gasteiger partial charge in [-0.15, -0.1) is 0 Å². The zero-order valence-corrected chi connectivity index (χ0v) is 16.2. The summed E-state index contributed by atoms with van der Waals surface area (Å²) in [5.74, 6) is -0.154. The van der Waals surface area contributed by atoms with Gasteiger partial charge in [-0.3, -0.25) is 4.79 Å². The van der Waals surface area contributed by atoms with Crippen molar-refractivity contribution in [2.45, 2.75) is 43.4 Å². The van der Waals surface area contributed by atoms with Crippen LogP contribution in [0.25, 0.3) is 0 Å². The van der Waals surface area contributed by atoms with Crippen LogP contribution in [0.15, 0.2) is 53.4 Å². The average molecular weight is 387 g/mol. The fourth-order valence-corrected chi connectivity index (χ4v) is 4.42. The van der Waals surface area contributed by atoms with Gasteiger partial charge in [-0.05, 0) is 60.9 Å². The van der Waals surface area contributed by atoms with Gasteiger partial charge in [0, 0.05) is 19.5 Å². The van der Waals surface area contributed by atoms with Crippen LogP contribution in [0.2, 0.25) is 0 Å². The van der Waals surface area contributed by atoms with Crippen LogP contribution in [0.4, 0.5) is 0 Å². The van der Waals surface area contributed by atoms with Crippen molar-refractivity contribution < 1.29 is 13.2 Å². The molecule has 0 saturated carbocycles. The monoisotopic (exact) mass is 386 g/mol. The number of fused-ring (bicyclic) bond motifs is 1. The number of benzene rings is 2. The summed E-state index contributed by atoms with van der Waals surface area (Å²) in [7, 11) is -3.58. The maximum Gasteiger partial charge on any atom is 0.240 e. The number of aryl methyl sites for hydroxylation is 2. The Morgan fingerprint density at radius 1 is 0.926 bits per heavy atom. The van der Waals surface area contributed by atoms with Crippen LogP contribution in [-0.4, -0.2) is 27.4 Å². The molecule has 0 saturated heterocycles. The van der Waals surface area contributed by atoms with Crippen LogP contribution in [0, 0.1) is 0 Å². The van der Waals surface area contributed by atoms with Crippen molar-refractivity contribution in [2.24, 2.45) is 0 Å². The zero-order valence-electron chi connectivity index (χ0n) is 15.4. The first kappa shape index (κ1) is 19.6.